The lowest BCUT2D eigenvalue weighted by Crippen LogP contribution is -2.16. The molecule has 0 saturated heterocycles. The summed E-state index contributed by atoms with van der Waals surface area (Å²) in [6, 6.07) is 17.5. The summed E-state index contributed by atoms with van der Waals surface area (Å²) in [4.78, 5) is 22.2. The summed E-state index contributed by atoms with van der Waals surface area (Å²) in [7, 11) is 0. The maximum Gasteiger partial charge on any atom is 0.275 e. The first kappa shape index (κ1) is 19.5. The van der Waals surface area contributed by atoms with Gasteiger partial charge in [-0.2, -0.15) is 0 Å². The van der Waals surface area contributed by atoms with Gasteiger partial charge in [0, 0.05) is 15.7 Å². The van der Waals surface area contributed by atoms with Gasteiger partial charge in [-0.05, 0) is 58.7 Å². The maximum atomic E-state index is 13.0. The fourth-order valence-electron chi connectivity index (χ4n) is 3.12. The first-order valence-electron chi connectivity index (χ1n) is 9.38. The van der Waals surface area contributed by atoms with Gasteiger partial charge in [0.2, 0.25) is 0 Å². The maximum absolute atomic E-state index is 13.0. The molecule has 0 bridgehead atoms. The lowest BCUT2D eigenvalue weighted by molar-refractivity contribution is 0.102. The number of fused-ring (bicyclic) bond motifs is 1. The summed E-state index contributed by atoms with van der Waals surface area (Å²) in [6.45, 7) is 1.95. The van der Waals surface area contributed by atoms with Crippen molar-refractivity contribution in [3.8, 4) is 16.4 Å². The van der Waals surface area contributed by atoms with Crippen LogP contribution in [-0.4, -0.2) is 30.6 Å². The molecule has 0 atom stereocenters. The number of thiazole rings is 1. The second kappa shape index (κ2) is 8.01. The normalized spacial score (nSPS) is 11.0. The number of rotatable bonds is 4. The molecule has 7 nitrogen and oxygen atoms in total. The van der Waals surface area contributed by atoms with Crippen LogP contribution < -0.4 is 5.32 Å². The van der Waals surface area contributed by atoms with Crippen LogP contribution in [0.4, 0.5) is 5.69 Å². The van der Waals surface area contributed by atoms with Crippen molar-refractivity contribution in [3.63, 3.8) is 0 Å². The van der Waals surface area contributed by atoms with Gasteiger partial charge in [-0.25, -0.2) is 9.97 Å². The standard InChI is InChI=1S/C22H15BrN6OS/c1-13-6-7-14(22-27-16-4-2-3-5-18(16)31-22)10-17(13)26-21(30)20-15(23)8-9-19(28-20)29-11-24-25-12-29/h2-12H,1H3,(H,26,30). The van der Waals surface area contributed by atoms with Crippen molar-refractivity contribution in [3.05, 3.63) is 83.0 Å². The highest BCUT2D eigenvalue weighted by atomic mass is 79.9. The van der Waals surface area contributed by atoms with E-state index in [9.17, 15) is 4.79 Å². The highest BCUT2D eigenvalue weighted by molar-refractivity contribution is 9.10. The van der Waals surface area contributed by atoms with Crippen molar-refractivity contribution >= 4 is 49.1 Å². The topological polar surface area (TPSA) is 85.6 Å². The zero-order valence-electron chi connectivity index (χ0n) is 16.3. The highest BCUT2D eigenvalue weighted by Crippen LogP contribution is 2.32. The minimum Gasteiger partial charge on any atom is -0.320 e. The van der Waals surface area contributed by atoms with Crippen molar-refractivity contribution < 1.29 is 4.79 Å². The molecule has 1 N–H and O–H groups in total. The van der Waals surface area contributed by atoms with Crippen LogP contribution in [0, 0.1) is 6.92 Å². The van der Waals surface area contributed by atoms with E-state index in [-0.39, 0.29) is 11.6 Å². The Hall–Kier alpha value is -3.43. The van der Waals surface area contributed by atoms with Gasteiger partial charge >= 0.3 is 0 Å². The van der Waals surface area contributed by atoms with Gasteiger partial charge in [0.05, 0.1) is 10.2 Å². The molecule has 5 aromatic rings. The van der Waals surface area contributed by atoms with Crippen LogP contribution in [-0.2, 0) is 0 Å². The predicted octanol–water partition coefficient (Wildman–Crippen LogP) is 5.26. The number of nitrogens with zero attached hydrogens (tertiary/aromatic N) is 5. The molecular formula is C22H15BrN6OS. The second-order valence-corrected chi connectivity index (χ2v) is 8.72. The Bertz CT molecular complexity index is 1380. The SMILES string of the molecule is Cc1ccc(-c2nc3ccccc3s2)cc1NC(=O)c1nc(-n2cnnc2)ccc1Br. The predicted molar refractivity (Wildman–Crippen MR) is 125 cm³/mol. The number of para-hydroxylation sites is 1. The van der Waals surface area contributed by atoms with Gasteiger partial charge < -0.3 is 5.32 Å². The molecule has 0 saturated carbocycles. The lowest BCUT2D eigenvalue weighted by atomic mass is 10.1. The van der Waals surface area contributed by atoms with Gasteiger partial charge in [0.25, 0.3) is 5.91 Å². The molecule has 152 valence electrons. The number of aromatic nitrogens is 5. The number of halogens is 1. The van der Waals surface area contributed by atoms with Gasteiger partial charge in [0.15, 0.2) is 0 Å². The number of hydrogen-bond acceptors (Lipinski definition) is 6. The molecule has 3 heterocycles. The third-order valence-corrected chi connectivity index (χ3v) is 6.48. The number of benzene rings is 2. The average molecular weight is 491 g/mol. The zero-order chi connectivity index (χ0) is 21.4. The van der Waals surface area contributed by atoms with E-state index in [4.69, 9.17) is 4.98 Å². The molecular weight excluding hydrogens is 476 g/mol. The Kier molecular flexibility index (Phi) is 5.05. The number of aryl methyl sites for hydroxylation is 1. The second-order valence-electron chi connectivity index (χ2n) is 6.84. The van der Waals surface area contributed by atoms with Gasteiger partial charge in [-0.3, -0.25) is 9.36 Å². The van der Waals surface area contributed by atoms with E-state index in [0.29, 0.717) is 16.0 Å². The summed E-state index contributed by atoms with van der Waals surface area (Å²) in [5.41, 5.74) is 3.85. The van der Waals surface area contributed by atoms with Gasteiger partial charge in [-0.15, -0.1) is 21.5 Å². The molecule has 5 rings (SSSR count). The lowest BCUT2D eigenvalue weighted by Gasteiger charge is -2.11. The number of hydrogen-bond donors (Lipinski definition) is 1. The quantitative estimate of drug-likeness (QED) is 0.371. The van der Waals surface area contributed by atoms with Crippen molar-refractivity contribution in [1.82, 2.24) is 24.7 Å². The minimum atomic E-state index is -0.314. The van der Waals surface area contributed by atoms with Crippen molar-refractivity contribution in [2.24, 2.45) is 0 Å². The average Bonchev–Trinajstić information content (AvgIpc) is 3.45. The number of anilines is 1. The molecule has 1 amide bonds. The third-order valence-electron chi connectivity index (χ3n) is 4.76. The van der Waals surface area contributed by atoms with Crippen molar-refractivity contribution in [2.75, 3.05) is 5.32 Å². The summed E-state index contributed by atoms with van der Waals surface area (Å²) in [5.74, 6) is 0.240. The number of pyridine rings is 1. The Morgan fingerprint density at radius 3 is 2.65 bits per heavy atom. The van der Waals surface area contributed by atoms with Crippen LogP contribution in [0.3, 0.4) is 0 Å². The van der Waals surface area contributed by atoms with Crippen LogP contribution in [0.5, 0.6) is 0 Å². The Morgan fingerprint density at radius 2 is 1.84 bits per heavy atom. The number of carbonyl (C=O) groups excluding carboxylic acids is 1. The van der Waals surface area contributed by atoms with E-state index >= 15 is 0 Å². The van der Waals surface area contributed by atoms with E-state index in [1.165, 1.54) is 12.7 Å². The molecule has 31 heavy (non-hydrogen) atoms. The van der Waals surface area contributed by atoms with E-state index in [1.807, 2.05) is 43.3 Å². The largest absolute Gasteiger partial charge is 0.320 e. The number of carbonyl (C=O) groups is 1. The van der Waals surface area contributed by atoms with Crippen LogP contribution >= 0.6 is 27.3 Å². The molecule has 9 heteroatoms. The Morgan fingerprint density at radius 1 is 1.03 bits per heavy atom. The van der Waals surface area contributed by atoms with Crippen molar-refractivity contribution in [2.45, 2.75) is 6.92 Å². The Labute approximate surface area is 189 Å². The minimum absolute atomic E-state index is 0.274. The zero-order valence-corrected chi connectivity index (χ0v) is 18.7. The molecule has 0 spiro atoms. The molecule has 0 fully saturated rings. The van der Waals surface area contributed by atoms with Crippen LogP contribution in [0.15, 0.2) is 71.7 Å². The molecule has 0 radical (unpaired) electrons. The van der Waals surface area contributed by atoms with Gasteiger partial charge in [0.1, 0.15) is 29.2 Å². The molecule has 2 aromatic carbocycles. The first-order chi connectivity index (χ1) is 15.1. The number of nitrogens with one attached hydrogen (secondary N) is 1. The third kappa shape index (κ3) is 3.85. The summed E-state index contributed by atoms with van der Waals surface area (Å²) < 4.78 is 3.37. The van der Waals surface area contributed by atoms with Crippen molar-refractivity contribution in [1.29, 1.82) is 0 Å². The smallest absolute Gasteiger partial charge is 0.275 e. The van der Waals surface area contributed by atoms with Crippen LogP contribution in [0.1, 0.15) is 16.1 Å². The highest BCUT2D eigenvalue weighted by Gasteiger charge is 2.16. The molecule has 0 aliphatic heterocycles. The van der Waals surface area contributed by atoms with E-state index < -0.39 is 0 Å². The van der Waals surface area contributed by atoms with E-state index in [2.05, 4.69) is 42.5 Å². The molecule has 0 aliphatic carbocycles. The monoisotopic (exact) mass is 490 g/mol. The summed E-state index contributed by atoms with van der Waals surface area (Å²) in [5, 5.41) is 11.5. The fraction of sp³-hybridized carbons (Fsp3) is 0.0455. The summed E-state index contributed by atoms with van der Waals surface area (Å²) >= 11 is 5.05. The van der Waals surface area contributed by atoms with Crippen LogP contribution in [0.2, 0.25) is 0 Å². The first-order valence-corrected chi connectivity index (χ1v) is 11.0. The molecule has 0 aliphatic rings. The fourth-order valence-corrected chi connectivity index (χ4v) is 4.48. The molecule has 3 aromatic heterocycles. The van der Waals surface area contributed by atoms with E-state index in [0.717, 1.165) is 26.4 Å². The van der Waals surface area contributed by atoms with Crippen LogP contribution in [0.25, 0.3) is 26.6 Å². The van der Waals surface area contributed by atoms with Gasteiger partial charge in [-0.1, -0.05) is 24.3 Å². The van der Waals surface area contributed by atoms with E-state index in [1.54, 1.807) is 28.0 Å². The number of amides is 1. The summed E-state index contributed by atoms with van der Waals surface area (Å²) in [6.07, 6.45) is 3.06. The Balaban J connectivity index is 1.47. The molecule has 0 unspecified atom stereocenters.